The highest BCUT2D eigenvalue weighted by molar-refractivity contribution is 6.03. The van der Waals surface area contributed by atoms with E-state index < -0.39 is 29.5 Å². The second-order valence-electron chi connectivity index (χ2n) is 6.58. The molecule has 2 bridgehead atoms. The Labute approximate surface area is 145 Å². The second-order valence-corrected chi connectivity index (χ2v) is 6.58. The van der Waals surface area contributed by atoms with Crippen molar-refractivity contribution in [3.05, 3.63) is 49.1 Å². The van der Waals surface area contributed by atoms with Crippen LogP contribution in [0.25, 0.3) is 0 Å². The van der Waals surface area contributed by atoms with E-state index in [0.29, 0.717) is 17.9 Å². The van der Waals surface area contributed by atoms with Gasteiger partial charge in [-0.05, 0) is 30.7 Å². The number of benzene rings is 1. The zero-order valence-corrected chi connectivity index (χ0v) is 13.8. The molecule has 130 valence electrons. The number of hydrogen-bond donors (Lipinski definition) is 1. The molecule has 5 atom stereocenters. The average molecular weight is 341 g/mol. The molecule has 4 rings (SSSR count). The number of carbonyl (C=O) groups is 2. The van der Waals surface area contributed by atoms with Gasteiger partial charge in [0.2, 0.25) is 5.91 Å². The van der Waals surface area contributed by atoms with E-state index in [0.717, 1.165) is 0 Å². The van der Waals surface area contributed by atoms with Crippen molar-refractivity contribution in [1.82, 2.24) is 0 Å². The van der Waals surface area contributed by atoms with Crippen molar-refractivity contribution in [2.24, 2.45) is 11.8 Å². The van der Waals surface area contributed by atoms with Crippen molar-refractivity contribution >= 4 is 17.6 Å². The molecule has 6 nitrogen and oxygen atoms in total. The number of carboxylic acids is 1. The first-order valence-electron chi connectivity index (χ1n) is 8.21. The molecule has 2 fully saturated rings. The van der Waals surface area contributed by atoms with Crippen LogP contribution in [-0.2, 0) is 14.3 Å². The maximum absolute atomic E-state index is 13.2. The first kappa shape index (κ1) is 15.9. The summed E-state index contributed by atoms with van der Waals surface area (Å²) >= 11 is 0. The van der Waals surface area contributed by atoms with Crippen molar-refractivity contribution in [2.75, 3.05) is 12.0 Å². The Morgan fingerprint density at radius 3 is 2.76 bits per heavy atom. The van der Waals surface area contributed by atoms with Crippen LogP contribution in [0.2, 0.25) is 0 Å². The number of hydrogen-bond acceptors (Lipinski definition) is 4. The molecule has 0 radical (unpaired) electrons. The van der Waals surface area contributed by atoms with Gasteiger partial charge < -0.3 is 19.5 Å². The van der Waals surface area contributed by atoms with Gasteiger partial charge in [0.25, 0.3) is 0 Å². The summed E-state index contributed by atoms with van der Waals surface area (Å²) in [6.45, 7) is 3.80. The summed E-state index contributed by atoms with van der Waals surface area (Å²) in [5, 5.41) is 9.62. The summed E-state index contributed by atoms with van der Waals surface area (Å²) in [6.07, 6.45) is 5.35. The van der Waals surface area contributed by atoms with E-state index in [2.05, 4.69) is 6.58 Å². The normalized spacial score (nSPS) is 35.1. The lowest BCUT2D eigenvalue weighted by atomic mass is 9.74. The molecule has 3 aliphatic heterocycles. The Morgan fingerprint density at radius 2 is 2.16 bits per heavy atom. The highest BCUT2D eigenvalue weighted by Crippen LogP contribution is 2.56. The molecule has 0 aromatic heterocycles. The van der Waals surface area contributed by atoms with E-state index >= 15 is 0 Å². The van der Waals surface area contributed by atoms with Crippen LogP contribution in [0.15, 0.2) is 49.1 Å². The highest BCUT2D eigenvalue weighted by atomic mass is 16.5. The maximum Gasteiger partial charge on any atom is 0.310 e. The van der Waals surface area contributed by atoms with Gasteiger partial charge in [-0.15, -0.1) is 6.58 Å². The summed E-state index contributed by atoms with van der Waals surface area (Å²) in [4.78, 5) is 26.6. The molecule has 25 heavy (non-hydrogen) atoms. The van der Waals surface area contributed by atoms with Crippen LogP contribution in [0.3, 0.4) is 0 Å². The maximum atomic E-state index is 13.2. The van der Waals surface area contributed by atoms with Gasteiger partial charge in [-0.25, -0.2) is 0 Å². The molecule has 0 unspecified atom stereocenters. The standard InChI is InChI=1S/C19H19NO5/c1-3-4-14-19-10-9-13(25-19)15(18(22)23)16(19)17(21)20(14)11-5-7-12(24-2)8-6-11/h3,5-10,13-16H,1,4H2,2H3,(H,22,23)/t13-,14+,15-,16+,19+/m0/s1. The smallest absolute Gasteiger partial charge is 0.310 e. The molecule has 1 amide bonds. The molecule has 0 saturated carbocycles. The number of carbonyl (C=O) groups excluding carboxylic acids is 1. The zero-order chi connectivity index (χ0) is 17.8. The van der Waals surface area contributed by atoms with E-state index in [-0.39, 0.29) is 11.9 Å². The van der Waals surface area contributed by atoms with Crippen LogP contribution >= 0.6 is 0 Å². The molecule has 1 spiro atoms. The van der Waals surface area contributed by atoms with Gasteiger partial charge in [0, 0.05) is 5.69 Å². The van der Waals surface area contributed by atoms with Crippen molar-refractivity contribution in [1.29, 1.82) is 0 Å². The lowest BCUT2D eigenvalue weighted by Gasteiger charge is -2.32. The minimum atomic E-state index is -0.997. The number of anilines is 1. The Balaban J connectivity index is 1.80. The van der Waals surface area contributed by atoms with Gasteiger partial charge in [-0.1, -0.05) is 18.2 Å². The van der Waals surface area contributed by atoms with Crippen molar-refractivity contribution in [3.63, 3.8) is 0 Å². The fraction of sp³-hybridized carbons (Fsp3) is 0.368. The molecule has 1 aromatic rings. The minimum Gasteiger partial charge on any atom is -0.497 e. The van der Waals surface area contributed by atoms with Crippen LogP contribution in [0.4, 0.5) is 5.69 Å². The molecular formula is C19H19NO5. The largest absolute Gasteiger partial charge is 0.497 e. The van der Waals surface area contributed by atoms with Crippen molar-refractivity contribution in [3.8, 4) is 5.75 Å². The molecule has 3 aliphatic rings. The fourth-order valence-corrected chi connectivity index (χ4v) is 4.43. The average Bonchev–Trinajstić information content (AvgIpc) is 3.24. The molecular weight excluding hydrogens is 322 g/mol. The van der Waals surface area contributed by atoms with E-state index in [9.17, 15) is 14.7 Å². The highest BCUT2D eigenvalue weighted by Gasteiger charge is 2.71. The SMILES string of the molecule is C=CC[C@H]1N(c2ccc(OC)cc2)C(=O)[C@H]2[C@@H](C(=O)O)[C@@H]3C=C[C@]21O3. The van der Waals surface area contributed by atoms with E-state index in [1.54, 1.807) is 48.4 Å². The first-order valence-corrected chi connectivity index (χ1v) is 8.21. The van der Waals surface area contributed by atoms with Crippen molar-refractivity contribution in [2.45, 2.75) is 24.2 Å². The molecule has 2 saturated heterocycles. The molecule has 1 aromatic carbocycles. The number of ether oxygens (including phenoxy) is 2. The van der Waals surface area contributed by atoms with Gasteiger partial charge in [0.05, 0.1) is 25.2 Å². The third-order valence-corrected chi connectivity index (χ3v) is 5.45. The summed E-state index contributed by atoms with van der Waals surface area (Å²) in [5.74, 6) is -2.09. The molecule has 1 N–H and O–H groups in total. The quantitative estimate of drug-likeness (QED) is 0.829. The van der Waals surface area contributed by atoms with E-state index in [4.69, 9.17) is 9.47 Å². The molecule has 6 heteroatoms. The summed E-state index contributed by atoms with van der Waals surface area (Å²) in [7, 11) is 1.58. The predicted octanol–water partition coefficient (Wildman–Crippen LogP) is 2.01. The topological polar surface area (TPSA) is 76.1 Å². The van der Waals surface area contributed by atoms with Crippen LogP contribution in [0.5, 0.6) is 5.75 Å². The number of amides is 1. The van der Waals surface area contributed by atoms with E-state index in [1.165, 1.54) is 0 Å². The predicted molar refractivity (Wildman–Crippen MR) is 90.4 cm³/mol. The summed E-state index contributed by atoms with van der Waals surface area (Å²) < 4.78 is 11.2. The second kappa shape index (κ2) is 5.46. The third kappa shape index (κ3) is 2.00. The van der Waals surface area contributed by atoms with Gasteiger partial charge in [-0.2, -0.15) is 0 Å². The van der Waals surface area contributed by atoms with Crippen LogP contribution < -0.4 is 9.64 Å². The Hall–Kier alpha value is -2.60. The lowest BCUT2D eigenvalue weighted by Crippen LogP contribution is -2.45. The first-order chi connectivity index (χ1) is 12.0. The van der Waals surface area contributed by atoms with Crippen molar-refractivity contribution < 1.29 is 24.2 Å². The number of aliphatic carboxylic acids is 1. The van der Waals surface area contributed by atoms with Gasteiger partial charge in [0.1, 0.15) is 17.3 Å². The number of fused-ring (bicyclic) bond motifs is 1. The zero-order valence-electron chi connectivity index (χ0n) is 13.8. The summed E-state index contributed by atoms with van der Waals surface area (Å²) in [6, 6.07) is 6.85. The van der Waals surface area contributed by atoms with Gasteiger partial charge >= 0.3 is 5.97 Å². The monoisotopic (exact) mass is 341 g/mol. The minimum absolute atomic E-state index is 0.212. The van der Waals surface area contributed by atoms with Crippen LogP contribution in [-0.4, -0.2) is 41.8 Å². The number of rotatable bonds is 5. The summed E-state index contributed by atoms with van der Waals surface area (Å²) in [5.41, 5.74) is -0.204. The van der Waals surface area contributed by atoms with E-state index in [1.807, 2.05) is 6.08 Å². The lowest BCUT2D eigenvalue weighted by molar-refractivity contribution is -0.146. The number of methoxy groups -OCH3 is 1. The number of carboxylic acid groups (broad SMARTS) is 1. The fourth-order valence-electron chi connectivity index (χ4n) is 4.43. The Morgan fingerprint density at radius 1 is 1.44 bits per heavy atom. The van der Waals surface area contributed by atoms with Crippen LogP contribution in [0.1, 0.15) is 6.42 Å². The molecule has 3 heterocycles. The van der Waals surface area contributed by atoms with Gasteiger partial charge in [0.15, 0.2) is 0 Å². The third-order valence-electron chi connectivity index (χ3n) is 5.45. The van der Waals surface area contributed by atoms with Gasteiger partial charge in [-0.3, -0.25) is 9.59 Å². The molecule has 0 aliphatic carbocycles. The Kier molecular flexibility index (Phi) is 3.47. The Bertz CT molecular complexity index is 771. The number of nitrogens with zero attached hydrogens (tertiary/aromatic N) is 1. The van der Waals surface area contributed by atoms with Crippen LogP contribution in [0, 0.1) is 11.8 Å².